The van der Waals surface area contributed by atoms with E-state index < -0.39 is 29.0 Å². The second kappa shape index (κ2) is 8.59. The average molecular weight is 458 g/mol. The van der Waals surface area contributed by atoms with E-state index >= 15 is 0 Å². The molecule has 5 nitrogen and oxygen atoms in total. The predicted octanol–water partition coefficient (Wildman–Crippen LogP) is 5.42. The summed E-state index contributed by atoms with van der Waals surface area (Å²) < 4.78 is 55.0. The van der Waals surface area contributed by atoms with Crippen molar-refractivity contribution in [2.24, 2.45) is 0 Å². The third-order valence-electron chi connectivity index (χ3n) is 5.18. The molecule has 3 aromatic carbocycles. The van der Waals surface area contributed by atoms with E-state index in [1.54, 1.807) is 24.3 Å². The predicted molar refractivity (Wildman–Crippen MR) is 115 cm³/mol. The number of aromatic hydroxyl groups is 1. The summed E-state index contributed by atoms with van der Waals surface area (Å²) in [4.78, 5) is 12.6. The van der Waals surface area contributed by atoms with Crippen molar-refractivity contribution in [2.75, 3.05) is 11.9 Å². The van der Waals surface area contributed by atoms with E-state index in [0.29, 0.717) is 5.39 Å². The summed E-state index contributed by atoms with van der Waals surface area (Å²) in [6.45, 7) is 0.161. The molecule has 1 aromatic heterocycles. The van der Waals surface area contributed by atoms with Crippen LogP contribution in [0.1, 0.15) is 15.9 Å². The van der Waals surface area contributed by atoms with Gasteiger partial charge in [-0.15, -0.1) is 0 Å². The number of phenolic OH excluding ortho intramolecular Hbond substituents is 1. The van der Waals surface area contributed by atoms with Gasteiger partial charge in [-0.1, -0.05) is 0 Å². The standard InChI is InChI=1S/C24H18F4N2O3/c25-16-3-7-19(20(13-16)24(26,27)28)23(33)29-17-4-8-21-15(11-17)12-22(30(21)9-10-31)14-1-5-18(32)6-2-14/h1-8,11-13,31-32H,9-10H2,(H,29,33). The topological polar surface area (TPSA) is 74.5 Å². The number of hydrogen-bond acceptors (Lipinski definition) is 3. The molecule has 9 heteroatoms. The Bertz CT molecular complexity index is 1330. The number of aromatic nitrogens is 1. The zero-order valence-corrected chi connectivity index (χ0v) is 17.0. The first kappa shape index (κ1) is 22.3. The van der Waals surface area contributed by atoms with Gasteiger partial charge < -0.3 is 20.1 Å². The van der Waals surface area contributed by atoms with Gasteiger partial charge >= 0.3 is 6.18 Å². The second-order valence-electron chi connectivity index (χ2n) is 7.37. The Balaban J connectivity index is 1.71. The number of phenols is 1. The maximum Gasteiger partial charge on any atom is 0.417 e. The number of nitrogens with zero attached hydrogens (tertiary/aromatic N) is 1. The summed E-state index contributed by atoms with van der Waals surface area (Å²) in [6.07, 6.45) is -4.89. The molecular weight excluding hydrogens is 440 g/mol. The summed E-state index contributed by atoms with van der Waals surface area (Å²) in [5.41, 5.74) is 0.479. The van der Waals surface area contributed by atoms with Crippen molar-refractivity contribution >= 4 is 22.5 Å². The van der Waals surface area contributed by atoms with Gasteiger partial charge in [0.2, 0.25) is 0 Å². The maximum absolute atomic E-state index is 13.3. The smallest absolute Gasteiger partial charge is 0.417 e. The number of alkyl halides is 3. The summed E-state index contributed by atoms with van der Waals surface area (Å²) in [5, 5.41) is 22.1. The first-order chi connectivity index (χ1) is 15.7. The number of nitrogens with one attached hydrogen (secondary N) is 1. The van der Waals surface area contributed by atoms with Crippen LogP contribution in [0.2, 0.25) is 0 Å². The van der Waals surface area contributed by atoms with Gasteiger partial charge in [0.05, 0.1) is 17.7 Å². The van der Waals surface area contributed by atoms with E-state index in [1.807, 2.05) is 10.6 Å². The van der Waals surface area contributed by atoms with Crippen LogP contribution < -0.4 is 5.32 Å². The Morgan fingerprint density at radius 1 is 0.970 bits per heavy atom. The van der Waals surface area contributed by atoms with Gasteiger partial charge in [-0.3, -0.25) is 4.79 Å². The molecule has 0 radical (unpaired) electrons. The molecule has 1 heterocycles. The fourth-order valence-electron chi connectivity index (χ4n) is 3.71. The number of carbonyl (C=O) groups excluding carboxylic acids is 1. The molecule has 0 aliphatic carbocycles. The van der Waals surface area contributed by atoms with Crippen LogP contribution >= 0.6 is 0 Å². The van der Waals surface area contributed by atoms with E-state index in [4.69, 9.17) is 0 Å². The minimum Gasteiger partial charge on any atom is -0.508 e. The average Bonchev–Trinajstić information content (AvgIpc) is 3.11. The number of carbonyl (C=O) groups is 1. The number of hydrogen-bond donors (Lipinski definition) is 3. The van der Waals surface area contributed by atoms with E-state index in [0.717, 1.165) is 28.9 Å². The zero-order valence-electron chi connectivity index (χ0n) is 17.0. The fourth-order valence-corrected chi connectivity index (χ4v) is 3.71. The van der Waals surface area contributed by atoms with Crippen molar-refractivity contribution in [1.29, 1.82) is 0 Å². The minimum absolute atomic E-state index is 0.104. The van der Waals surface area contributed by atoms with Gasteiger partial charge in [0, 0.05) is 28.8 Å². The number of benzene rings is 3. The molecule has 0 bridgehead atoms. The van der Waals surface area contributed by atoms with E-state index in [1.165, 1.54) is 18.2 Å². The van der Waals surface area contributed by atoms with Gasteiger partial charge in [0.1, 0.15) is 11.6 Å². The number of rotatable bonds is 5. The Morgan fingerprint density at radius 2 is 1.70 bits per heavy atom. The monoisotopic (exact) mass is 458 g/mol. The molecule has 0 aliphatic rings. The summed E-state index contributed by atoms with van der Waals surface area (Å²) in [7, 11) is 0. The van der Waals surface area contributed by atoms with Crippen molar-refractivity contribution in [2.45, 2.75) is 12.7 Å². The Kier molecular flexibility index (Phi) is 5.82. The molecule has 0 saturated carbocycles. The van der Waals surface area contributed by atoms with Crippen LogP contribution in [0, 0.1) is 5.82 Å². The minimum atomic E-state index is -4.89. The number of aliphatic hydroxyl groups is 1. The third kappa shape index (κ3) is 4.54. The fraction of sp³-hybridized carbons (Fsp3) is 0.125. The van der Waals surface area contributed by atoms with E-state index in [-0.39, 0.29) is 30.7 Å². The Morgan fingerprint density at radius 3 is 2.36 bits per heavy atom. The SMILES string of the molecule is O=C(Nc1ccc2c(c1)cc(-c1ccc(O)cc1)n2CCO)c1ccc(F)cc1C(F)(F)F. The number of amides is 1. The van der Waals surface area contributed by atoms with Gasteiger partial charge in [0.15, 0.2) is 0 Å². The molecule has 1 amide bonds. The molecular formula is C24H18F4N2O3. The number of halogens is 4. The lowest BCUT2D eigenvalue weighted by molar-refractivity contribution is -0.138. The van der Waals surface area contributed by atoms with Crippen LogP contribution in [-0.4, -0.2) is 27.3 Å². The molecule has 3 N–H and O–H groups in total. The molecule has 4 rings (SSSR count). The first-order valence-electron chi connectivity index (χ1n) is 9.89. The Hall–Kier alpha value is -3.85. The highest BCUT2D eigenvalue weighted by atomic mass is 19.4. The molecule has 0 aliphatic heterocycles. The van der Waals surface area contributed by atoms with Gasteiger partial charge in [-0.25, -0.2) is 4.39 Å². The van der Waals surface area contributed by atoms with Gasteiger partial charge in [-0.05, 0) is 72.3 Å². The second-order valence-corrected chi connectivity index (χ2v) is 7.37. The highest BCUT2D eigenvalue weighted by Gasteiger charge is 2.35. The number of aliphatic hydroxyl groups excluding tert-OH is 1. The van der Waals surface area contributed by atoms with Crippen LogP contribution in [0.15, 0.2) is 66.7 Å². The Labute approximate surface area is 185 Å². The molecule has 170 valence electrons. The van der Waals surface area contributed by atoms with Crippen LogP contribution in [0.5, 0.6) is 5.75 Å². The highest BCUT2D eigenvalue weighted by molar-refractivity contribution is 6.06. The third-order valence-corrected chi connectivity index (χ3v) is 5.18. The zero-order chi connectivity index (χ0) is 23.8. The molecule has 0 atom stereocenters. The lowest BCUT2D eigenvalue weighted by Gasteiger charge is -2.13. The quantitative estimate of drug-likeness (QED) is 0.350. The number of anilines is 1. The molecule has 0 fully saturated rings. The van der Waals surface area contributed by atoms with Crippen molar-refractivity contribution in [1.82, 2.24) is 4.57 Å². The normalized spacial score (nSPS) is 11.7. The van der Waals surface area contributed by atoms with Crippen molar-refractivity contribution in [3.8, 4) is 17.0 Å². The van der Waals surface area contributed by atoms with Crippen LogP contribution in [0.4, 0.5) is 23.2 Å². The van der Waals surface area contributed by atoms with E-state index in [9.17, 15) is 32.6 Å². The lowest BCUT2D eigenvalue weighted by Crippen LogP contribution is -2.19. The number of fused-ring (bicyclic) bond motifs is 1. The lowest BCUT2D eigenvalue weighted by atomic mass is 10.1. The van der Waals surface area contributed by atoms with Gasteiger partial charge in [-0.2, -0.15) is 13.2 Å². The van der Waals surface area contributed by atoms with Crippen molar-refractivity contribution in [3.63, 3.8) is 0 Å². The summed E-state index contributed by atoms with van der Waals surface area (Å²) >= 11 is 0. The molecule has 0 unspecified atom stereocenters. The van der Waals surface area contributed by atoms with Crippen molar-refractivity contribution in [3.05, 3.63) is 83.7 Å². The molecule has 0 spiro atoms. The van der Waals surface area contributed by atoms with E-state index in [2.05, 4.69) is 5.32 Å². The van der Waals surface area contributed by atoms with Gasteiger partial charge in [0.25, 0.3) is 5.91 Å². The summed E-state index contributed by atoms with van der Waals surface area (Å²) in [5.74, 6) is -2.00. The first-order valence-corrected chi connectivity index (χ1v) is 9.89. The maximum atomic E-state index is 13.3. The van der Waals surface area contributed by atoms with Crippen LogP contribution in [0.3, 0.4) is 0 Å². The molecule has 4 aromatic rings. The largest absolute Gasteiger partial charge is 0.508 e. The molecule has 33 heavy (non-hydrogen) atoms. The van der Waals surface area contributed by atoms with Crippen LogP contribution in [-0.2, 0) is 12.7 Å². The van der Waals surface area contributed by atoms with Crippen LogP contribution in [0.25, 0.3) is 22.2 Å². The summed E-state index contributed by atoms with van der Waals surface area (Å²) in [6, 6.07) is 15.0. The molecule has 0 saturated heterocycles. The van der Waals surface area contributed by atoms with Crippen molar-refractivity contribution < 1.29 is 32.6 Å². The highest BCUT2D eigenvalue weighted by Crippen LogP contribution is 2.34.